The first kappa shape index (κ1) is 10.5. The molecule has 1 aromatic carbocycles. The van der Waals surface area contributed by atoms with Crippen molar-refractivity contribution < 1.29 is 9.53 Å². The first-order valence-corrected chi connectivity index (χ1v) is 4.70. The van der Waals surface area contributed by atoms with E-state index >= 15 is 0 Å². The average Bonchev–Trinajstić information content (AvgIpc) is 2.25. The Kier molecular flexibility index (Phi) is 4.48. The van der Waals surface area contributed by atoms with Crippen LogP contribution in [-0.2, 0) is 0 Å². The lowest BCUT2D eigenvalue weighted by atomic mass is 10.2. The number of carbonyl (C=O) groups excluding carboxylic acids is 1. The molecule has 0 N–H and O–H groups in total. The molecule has 2 nitrogen and oxygen atoms in total. The minimum atomic E-state index is 0.578. The highest BCUT2D eigenvalue weighted by molar-refractivity contribution is 5.74. The van der Waals surface area contributed by atoms with Crippen molar-refractivity contribution in [3.63, 3.8) is 0 Å². The minimum Gasteiger partial charge on any atom is -0.490 e. The van der Waals surface area contributed by atoms with E-state index in [1.165, 1.54) is 0 Å². The highest BCUT2D eigenvalue weighted by atomic mass is 16.5. The molecule has 0 spiro atoms. The molecule has 0 aliphatic heterocycles. The average molecular weight is 190 g/mol. The Bertz CT molecular complexity index is 299. The molecule has 0 aliphatic carbocycles. The lowest BCUT2D eigenvalue weighted by Crippen LogP contribution is -1.93. The first-order valence-electron chi connectivity index (χ1n) is 4.70. The maximum Gasteiger partial charge on any atom is 0.150 e. The Hall–Kier alpha value is -1.57. The van der Waals surface area contributed by atoms with Crippen LogP contribution < -0.4 is 4.74 Å². The molecule has 0 amide bonds. The predicted octanol–water partition coefficient (Wildman–Crippen LogP) is 2.84. The monoisotopic (exact) mass is 190 g/mol. The van der Waals surface area contributed by atoms with Gasteiger partial charge in [0.1, 0.15) is 18.6 Å². The summed E-state index contributed by atoms with van der Waals surface area (Å²) in [6, 6.07) is 7.07. The molecule has 0 atom stereocenters. The van der Waals surface area contributed by atoms with E-state index in [-0.39, 0.29) is 0 Å². The lowest BCUT2D eigenvalue weighted by molar-refractivity contribution is 0.112. The molecule has 74 valence electrons. The van der Waals surface area contributed by atoms with E-state index in [4.69, 9.17) is 4.74 Å². The van der Waals surface area contributed by atoms with Crippen molar-refractivity contribution in [2.75, 3.05) is 6.61 Å². The van der Waals surface area contributed by atoms with Gasteiger partial charge in [-0.05, 0) is 30.7 Å². The predicted molar refractivity (Wildman–Crippen MR) is 56.8 cm³/mol. The van der Waals surface area contributed by atoms with E-state index in [1.807, 2.05) is 6.08 Å². The van der Waals surface area contributed by atoms with E-state index in [0.29, 0.717) is 12.2 Å². The minimum absolute atomic E-state index is 0.578. The zero-order valence-corrected chi connectivity index (χ0v) is 8.27. The van der Waals surface area contributed by atoms with Gasteiger partial charge in [-0.3, -0.25) is 4.79 Å². The third kappa shape index (κ3) is 3.44. The molecule has 0 saturated heterocycles. The standard InChI is InChI=1S/C12H14O2/c1-2-3-4-9-14-12-7-5-11(10-13)6-8-12/h3-8,10H,2,9H2,1H3. The number of allylic oxidation sites excluding steroid dienone is 1. The van der Waals surface area contributed by atoms with Crippen LogP contribution in [-0.4, -0.2) is 12.9 Å². The number of hydrogen-bond donors (Lipinski definition) is 0. The summed E-state index contributed by atoms with van der Waals surface area (Å²) in [4.78, 5) is 10.4. The van der Waals surface area contributed by atoms with Gasteiger partial charge in [0, 0.05) is 5.56 Å². The van der Waals surface area contributed by atoms with E-state index in [1.54, 1.807) is 24.3 Å². The van der Waals surface area contributed by atoms with E-state index in [0.717, 1.165) is 18.5 Å². The van der Waals surface area contributed by atoms with Crippen LogP contribution in [0.1, 0.15) is 23.7 Å². The van der Waals surface area contributed by atoms with Crippen LogP contribution in [0, 0.1) is 0 Å². The second kappa shape index (κ2) is 5.97. The molecule has 0 aliphatic rings. The van der Waals surface area contributed by atoms with Gasteiger partial charge in [-0.2, -0.15) is 0 Å². The second-order valence-electron chi connectivity index (χ2n) is 2.88. The van der Waals surface area contributed by atoms with Gasteiger partial charge in [0.25, 0.3) is 0 Å². The Morgan fingerprint density at radius 1 is 1.21 bits per heavy atom. The molecule has 0 bridgehead atoms. The summed E-state index contributed by atoms with van der Waals surface area (Å²) in [6.07, 6.45) is 5.88. The van der Waals surface area contributed by atoms with Gasteiger partial charge in [0.05, 0.1) is 0 Å². The molecule has 0 heterocycles. The van der Waals surface area contributed by atoms with Gasteiger partial charge in [-0.25, -0.2) is 0 Å². The van der Waals surface area contributed by atoms with Crippen molar-refractivity contribution >= 4 is 6.29 Å². The van der Waals surface area contributed by atoms with Crippen molar-refractivity contribution in [2.45, 2.75) is 13.3 Å². The van der Waals surface area contributed by atoms with Crippen LogP contribution in [0.15, 0.2) is 36.4 Å². The number of carbonyl (C=O) groups is 1. The Balaban J connectivity index is 2.43. The SMILES string of the molecule is CCC=CCOc1ccc(C=O)cc1. The normalized spacial score (nSPS) is 10.4. The summed E-state index contributed by atoms with van der Waals surface area (Å²) in [7, 11) is 0. The van der Waals surface area contributed by atoms with E-state index in [2.05, 4.69) is 13.0 Å². The zero-order chi connectivity index (χ0) is 10.2. The Labute approximate surface area is 84.2 Å². The summed E-state index contributed by atoms with van der Waals surface area (Å²) in [5.41, 5.74) is 0.668. The van der Waals surface area contributed by atoms with Crippen molar-refractivity contribution in [2.24, 2.45) is 0 Å². The molecular weight excluding hydrogens is 176 g/mol. The molecule has 2 heteroatoms. The molecule has 0 aromatic heterocycles. The first-order chi connectivity index (χ1) is 6.86. The summed E-state index contributed by atoms with van der Waals surface area (Å²) in [5, 5.41) is 0. The van der Waals surface area contributed by atoms with Crippen LogP contribution in [0.3, 0.4) is 0 Å². The van der Waals surface area contributed by atoms with Crippen LogP contribution >= 0.6 is 0 Å². The van der Waals surface area contributed by atoms with Crippen molar-refractivity contribution in [3.8, 4) is 5.75 Å². The Morgan fingerprint density at radius 2 is 1.93 bits per heavy atom. The molecule has 0 fully saturated rings. The smallest absolute Gasteiger partial charge is 0.150 e. The third-order valence-electron chi connectivity index (χ3n) is 1.76. The van der Waals surface area contributed by atoms with Gasteiger partial charge in [-0.15, -0.1) is 0 Å². The fourth-order valence-corrected chi connectivity index (χ4v) is 1.02. The molecular formula is C12H14O2. The fourth-order valence-electron chi connectivity index (χ4n) is 1.02. The van der Waals surface area contributed by atoms with Crippen LogP contribution in [0.5, 0.6) is 5.75 Å². The Morgan fingerprint density at radius 3 is 2.50 bits per heavy atom. The molecule has 0 radical (unpaired) electrons. The largest absolute Gasteiger partial charge is 0.490 e. The number of benzene rings is 1. The zero-order valence-electron chi connectivity index (χ0n) is 8.27. The molecule has 14 heavy (non-hydrogen) atoms. The maximum absolute atomic E-state index is 10.4. The number of aldehydes is 1. The van der Waals surface area contributed by atoms with E-state index in [9.17, 15) is 4.79 Å². The number of hydrogen-bond acceptors (Lipinski definition) is 2. The summed E-state index contributed by atoms with van der Waals surface area (Å²) >= 11 is 0. The van der Waals surface area contributed by atoms with Crippen LogP contribution in [0.2, 0.25) is 0 Å². The summed E-state index contributed by atoms with van der Waals surface area (Å²) in [6.45, 7) is 2.66. The third-order valence-corrected chi connectivity index (χ3v) is 1.76. The quantitative estimate of drug-likeness (QED) is 0.527. The van der Waals surface area contributed by atoms with Gasteiger partial charge in [-0.1, -0.05) is 19.1 Å². The van der Waals surface area contributed by atoms with Crippen LogP contribution in [0.25, 0.3) is 0 Å². The van der Waals surface area contributed by atoms with Gasteiger partial charge in [0.15, 0.2) is 0 Å². The van der Waals surface area contributed by atoms with Crippen molar-refractivity contribution in [3.05, 3.63) is 42.0 Å². The lowest BCUT2D eigenvalue weighted by Gasteiger charge is -2.02. The molecule has 1 rings (SSSR count). The van der Waals surface area contributed by atoms with E-state index < -0.39 is 0 Å². The van der Waals surface area contributed by atoms with Crippen molar-refractivity contribution in [1.29, 1.82) is 0 Å². The summed E-state index contributed by atoms with van der Waals surface area (Å²) in [5.74, 6) is 0.788. The fraction of sp³-hybridized carbons (Fsp3) is 0.250. The molecule has 0 saturated carbocycles. The van der Waals surface area contributed by atoms with Gasteiger partial charge in [0.2, 0.25) is 0 Å². The molecule has 0 unspecified atom stereocenters. The number of rotatable bonds is 5. The number of ether oxygens (including phenoxy) is 1. The van der Waals surface area contributed by atoms with Gasteiger partial charge >= 0.3 is 0 Å². The van der Waals surface area contributed by atoms with Crippen molar-refractivity contribution in [1.82, 2.24) is 0 Å². The van der Waals surface area contributed by atoms with Crippen LogP contribution in [0.4, 0.5) is 0 Å². The topological polar surface area (TPSA) is 26.3 Å². The molecule has 1 aromatic rings. The second-order valence-corrected chi connectivity index (χ2v) is 2.88. The maximum atomic E-state index is 10.4. The highest BCUT2D eigenvalue weighted by Gasteiger charge is 1.92. The highest BCUT2D eigenvalue weighted by Crippen LogP contribution is 2.10. The summed E-state index contributed by atoms with van der Waals surface area (Å²) < 4.78 is 5.40. The van der Waals surface area contributed by atoms with Gasteiger partial charge < -0.3 is 4.74 Å².